The molecule has 2 aromatic rings. The Labute approximate surface area is 60.5 Å². The van der Waals surface area contributed by atoms with E-state index in [-0.39, 0.29) is 11.1 Å². The second-order valence-electron chi connectivity index (χ2n) is 2.09. The number of rotatable bonds is 0. The summed E-state index contributed by atoms with van der Waals surface area (Å²) in [5.41, 5.74) is 0.189. The van der Waals surface area contributed by atoms with E-state index in [2.05, 4.69) is 9.40 Å². The predicted molar refractivity (Wildman–Crippen MR) is 33.9 cm³/mol. The normalized spacial score (nSPS) is 10.7. The summed E-state index contributed by atoms with van der Waals surface area (Å²) in [5.74, 6) is -1.36. The van der Waals surface area contributed by atoms with Crippen molar-refractivity contribution in [1.29, 1.82) is 0 Å². The first-order valence-electron chi connectivity index (χ1n) is 2.95. The Morgan fingerprint density at radius 1 is 1.27 bits per heavy atom. The minimum absolute atomic E-state index is 0.0615. The van der Waals surface area contributed by atoms with E-state index in [1.54, 1.807) is 0 Å². The van der Waals surface area contributed by atoms with Crippen LogP contribution in [0, 0.1) is 11.6 Å². The maximum Gasteiger partial charge on any atom is 0.182 e. The van der Waals surface area contributed by atoms with Gasteiger partial charge in [-0.05, 0) is 0 Å². The van der Waals surface area contributed by atoms with Crippen molar-refractivity contribution >= 4 is 11.1 Å². The van der Waals surface area contributed by atoms with Crippen molar-refractivity contribution in [1.82, 2.24) is 4.98 Å². The van der Waals surface area contributed by atoms with Crippen LogP contribution < -0.4 is 0 Å². The molecule has 0 N–H and O–H groups in total. The smallest absolute Gasteiger partial charge is 0.182 e. The van der Waals surface area contributed by atoms with Crippen LogP contribution in [-0.2, 0) is 0 Å². The van der Waals surface area contributed by atoms with Crippen LogP contribution in [0.25, 0.3) is 11.1 Å². The predicted octanol–water partition coefficient (Wildman–Crippen LogP) is 2.11. The molecule has 1 aromatic heterocycles. The number of benzene rings is 1. The zero-order chi connectivity index (χ0) is 7.84. The van der Waals surface area contributed by atoms with Gasteiger partial charge in [0.1, 0.15) is 11.3 Å². The highest BCUT2D eigenvalue weighted by Crippen LogP contribution is 2.17. The van der Waals surface area contributed by atoms with E-state index in [4.69, 9.17) is 0 Å². The molecule has 4 heteroatoms. The van der Waals surface area contributed by atoms with E-state index >= 15 is 0 Å². The van der Waals surface area contributed by atoms with Crippen LogP contribution in [0.5, 0.6) is 0 Å². The van der Waals surface area contributed by atoms with Gasteiger partial charge >= 0.3 is 0 Å². The molecule has 0 amide bonds. The van der Waals surface area contributed by atoms with Gasteiger partial charge in [0.15, 0.2) is 17.8 Å². The Balaban J connectivity index is 2.91. The summed E-state index contributed by atoms with van der Waals surface area (Å²) in [6.45, 7) is 0. The van der Waals surface area contributed by atoms with Crippen LogP contribution in [0.4, 0.5) is 8.78 Å². The van der Waals surface area contributed by atoms with Crippen molar-refractivity contribution in [2.45, 2.75) is 0 Å². The first kappa shape index (κ1) is 6.27. The van der Waals surface area contributed by atoms with Gasteiger partial charge in [0.25, 0.3) is 0 Å². The lowest BCUT2D eigenvalue weighted by atomic mass is 10.3. The molecule has 0 aliphatic rings. The van der Waals surface area contributed by atoms with E-state index < -0.39 is 11.6 Å². The highest BCUT2D eigenvalue weighted by Gasteiger charge is 2.06. The lowest BCUT2D eigenvalue weighted by molar-refractivity contribution is 0.576. The van der Waals surface area contributed by atoms with Crippen molar-refractivity contribution in [3.63, 3.8) is 0 Å². The number of oxazole rings is 1. The molecule has 2 nitrogen and oxygen atoms in total. The molecule has 0 saturated heterocycles. The van der Waals surface area contributed by atoms with Crippen LogP contribution in [-0.4, -0.2) is 4.98 Å². The van der Waals surface area contributed by atoms with Crippen molar-refractivity contribution in [2.75, 3.05) is 0 Å². The number of hydrogen-bond donors (Lipinski definition) is 0. The lowest BCUT2D eigenvalue weighted by Crippen LogP contribution is -1.80. The van der Waals surface area contributed by atoms with Gasteiger partial charge in [-0.1, -0.05) is 0 Å². The lowest BCUT2D eigenvalue weighted by Gasteiger charge is -1.88. The van der Waals surface area contributed by atoms with Gasteiger partial charge in [0.05, 0.1) is 0 Å². The molecule has 0 aliphatic heterocycles. The largest absolute Gasteiger partial charge is 0.443 e. The van der Waals surface area contributed by atoms with Crippen molar-refractivity contribution in [2.24, 2.45) is 0 Å². The molecule has 0 aliphatic carbocycles. The third-order valence-corrected chi connectivity index (χ3v) is 1.35. The van der Waals surface area contributed by atoms with Crippen LogP contribution in [0.15, 0.2) is 22.9 Å². The van der Waals surface area contributed by atoms with E-state index in [1.165, 1.54) is 0 Å². The van der Waals surface area contributed by atoms with E-state index in [0.717, 1.165) is 18.5 Å². The Morgan fingerprint density at radius 2 is 2.09 bits per heavy atom. The fourth-order valence-corrected chi connectivity index (χ4v) is 0.893. The monoisotopic (exact) mass is 155 g/mol. The minimum Gasteiger partial charge on any atom is -0.443 e. The van der Waals surface area contributed by atoms with Gasteiger partial charge in [-0.25, -0.2) is 13.8 Å². The van der Waals surface area contributed by atoms with Crippen LogP contribution >= 0.6 is 0 Å². The molecule has 0 bridgehead atoms. The van der Waals surface area contributed by atoms with Gasteiger partial charge in [0.2, 0.25) is 0 Å². The Hall–Kier alpha value is -1.45. The Bertz CT molecular complexity index is 396. The number of nitrogens with zero attached hydrogens (tertiary/aromatic N) is 1. The molecule has 56 valence electrons. The summed E-state index contributed by atoms with van der Waals surface area (Å²) in [7, 11) is 0. The molecule has 0 spiro atoms. The number of aromatic nitrogens is 1. The summed E-state index contributed by atoms with van der Waals surface area (Å²) in [4.78, 5) is 3.55. The summed E-state index contributed by atoms with van der Waals surface area (Å²) >= 11 is 0. The van der Waals surface area contributed by atoms with E-state index in [0.29, 0.717) is 0 Å². The van der Waals surface area contributed by atoms with E-state index in [9.17, 15) is 8.78 Å². The van der Waals surface area contributed by atoms with Gasteiger partial charge < -0.3 is 4.42 Å². The zero-order valence-electron chi connectivity index (χ0n) is 5.34. The summed E-state index contributed by atoms with van der Waals surface area (Å²) in [5, 5.41) is 0. The van der Waals surface area contributed by atoms with Gasteiger partial charge in [-0.2, -0.15) is 0 Å². The molecular formula is C7H3F2NO. The maximum absolute atomic E-state index is 12.7. The highest BCUT2D eigenvalue weighted by atomic mass is 19.1. The number of halogens is 2. The molecule has 0 fully saturated rings. The average molecular weight is 155 g/mol. The fourth-order valence-electron chi connectivity index (χ4n) is 0.893. The third-order valence-electron chi connectivity index (χ3n) is 1.35. The quantitative estimate of drug-likeness (QED) is 0.582. The second-order valence-corrected chi connectivity index (χ2v) is 2.09. The first-order valence-corrected chi connectivity index (χ1v) is 2.95. The van der Waals surface area contributed by atoms with Crippen molar-refractivity contribution in [3.05, 3.63) is 30.2 Å². The molecule has 11 heavy (non-hydrogen) atoms. The Kier molecular flexibility index (Phi) is 1.15. The molecular weight excluding hydrogens is 152 g/mol. The van der Waals surface area contributed by atoms with E-state index in [1.807, 2.05) is 0 Å². The second kappa shape index (κ2) is 2.02. The third kappa shape index (κ3) is 0.869. The van der Waals surface area contributed by atoms with Crippen LogP contribution in [0.3, 0.4) is 0 Å². The minimum atomic E-state index is -0.700. The Morgan fingerprint density at radius 3 is 2.91 bits per heavy atom. The molecule has 1 aromatic carbocycles. The van der Waals surface area contributed by atoms with Gasteiger partial charge in [-0.3, -0.25) is 0 Å². The zero-order valence-corrected chi connectivity index (χ0v) is 5.34. The van der Waals surface area contributed by atoms with Crippen molar-refractivity contribution < 1.29 is 13.2 Å². The topological polar surface area (TPSA) is 26.0 Å². The number of hydrogen-bond acceptors (Lipinski definition) is 2. The number of fused-ring (bicyclic) bond motifs is 1. The van der Waals surface area contributed by atoms with Gasteiger partial charge in [-0.15, -0.1) is 0 Å². The molecule has 0 atom stereocenters. The summed E-state index contributed by atoms with van der Waals surface area (Å²) in [6.07, 6.45) is 1.08. The first-order chi connectivity index (χ1) is 5.27. The highest BCUT2D eigenvalue weighted by molar-refractivity contribution is 5.72. The standard InChI is InChI=1S/C7H3F2NO/c8-4-1-5(9)7-6(2-4)11-3-10-7/h1-3H. The van der Waals surface area contributed by atoms with Crippen molar-refractivity contribution in [3.8, 4) is 0 Å². The van der Waals surface area contributed by atoms with Gasteiger partial charge in [0, 0.05) is 12.1 Å². The van der Waals surface area contributed by atoms with Crippen LogP contribution in [0.1, 0.15) is 0 Å². The maximum atomic E-state index is 12.7. The molecule has 0 unspecified atom stereocenters. The summed E-state index contributed by atoms with van der Waals surface area (Å²) in [6, 6.07) is 1.86. The average Bonchev–Trinajstić information content (AvgIpc) is 2.34. The molecule has 1 heterocycles. The molecule has 0 radical (unpaired) electrons. The van der Waals surface area contributed by atoms with Crippen LogP contribution in [0.2, 0.25) is 0 Å². The summed E-state index contributed by atoms with van der Waals surface area (Å²) < 4.78 is 29.9. The molecule has 2 rings (SSSR count). The SMILES string of the molecule is Fc1cc(F)c2ncoc2c1. The fraction of sp³-hybridized carbons (Fsp3) is 0. The molecule has 0 saturated carbocycles.